The summed E-state index contributed by atoms with van der Waals surface area (Å²) < 4.78 is 2.84. The maximum Gasteiger partial charge on any atom is 0.329 e. The minimum Gasteiger partial charge on any atom is -0.479 e. The molecule has 0 aliphatic rings. The molecule has 0 amide bonds. The summed E-state index contributed by atoms with van der Waals surface area (Å²) in [4.78, 5) is 23.7. The van der Waals surface area contributed by atoms with Gasteiger partial charge in [-0.05, 0) is 25.5 Å². The summed E-state index contributed by atoms with van der Waals surface area (Å²) in [5.74, 6) is -0.997. The molecule has 5 nitrogen and oxygen atoms in total. The zero-order chi connectivity index (χ0) is 13.5. The van der Waals surface area contributed by atoms with Gasteiger partial charge in [0.1, 0.15) is 5.54 Å². The van der Waals surface area contributed by atoms with Gasteiger partial charge in [0.05, 0.1) is 11.0 Å². The van der Waals surface area contributed by atoms with Gasteiger partial charge in [-0.2, -0.15) is 0 Å². The van der Waals surface area contributed by atoms with Crippen LogP contribution < -0.4 is 5.69 Å². The van der Waals surface area contributed by atoms with Crippen molar-refractivity contribution in [3.8, 4) is 0 Å². The highest BCUT2D eigenvalue weighted by Gasteiger charge is 2.36. The molecule has 5 heteroatoms. The lowest BCUT2D eigenvalue weighted by Crippen LogP contribution is -2.44. The summed E-state index contributed by atoms with van der Waals surface area (Å²) in [5, 5.41) is 9.41. The predicted molar refractivity (Wildman–Crippen MR) is 68.8 cm³/mol. The van der Waals surface area contributed by atoms with Gasteiger partial charge in [-0.15, -0.1) is 0 Å². The van der Waals surface area contributed by atoms with E-state index in [1.54, 1.807) is 33.0 Å². The lowest BCUT2D eigenvalue weighted by Gasteiger charge is -2.24. The van der Waals surface area contributed by atoms with E-state index in [9.17, 15) is 14.7 Å². The molecule has 0 radical (unpaired) electrons. The lowest BCUT2D eigenvalue weighted by atomic mass is 9.98. The standard InChI is InChI=1S/C13H16N2O3/c1-4-13(2,11(16)17)15-10-8-6-5-7-9(10)14(3)12(15)18/h5-8H,4H2,1-3H3,(H,16,17). The third kappa shape index (κ3) is 1.47. The van der Waals surface area contributed by atoms with E-state index >= 15 is 0 Å². The smallest absolute Gasteiger partial charge is 0.329 e. The van der Waals surface area contributed by atoms with E-state index in [0.29, 0.717) is 11.9 Å². The van der Waals surface area contributed by atoms with Crippen molar-refractivity contribution in [2.45, 2.75) is 25.8 Å². The summed E-state index contributed by atoms with van der Waals surface area (Å²) in [6, 6.07) is 7.21. The molecule has 0 aliphatic heterocycles. The Labute approximate surface area is 104 Å². The summed E-state index contributed by atoms with van der Waals surface area (Å²) >= 11 is 0. The number of aromatic nitrogens is 2. The molecule has 0 saturated heterocycles. The number of para-hydroxylation sites is 2. The highest BCUT2D eigenvalue weighted by Crippen LogP contribution is 2.24. The number of aliphatic carboxylic acids is 1. The fourth-order valence-corrected chi connectivity index (χ4v) is 2.17. The molecule has 2 rings (SSSR count). The largest absolute Gasteiger partial charge is 0.479 e. The molecule has 1 atom stereocenters. The molecular weight excluding hydrogens is 232 g/mol. The second-order valence-electron chi connectivity index (χ2n) is 4.60. The number of imidazole rings is 1. The van der Waals surface area contributed by atoms with Crippen molar-refractivity contribution in [1.82, 2.24) is 9.13 Å². The quantitative estimate of drug-likeness (QED) is 0.896. The Hall–Kier alpha value is -2.04. The Morgan fingerprint density at radius 2 is 1.89 bits per heavy atom. The minimum atomic E-state index is -1.22. The first kappa shape index (κ1) is 12.4. The Morgan fingerprint density at radius 3 is 2.39 bits per heavy atom. The highest BCUT2D eigenvalue weighted by molar-refractivity contribution is 5.82. The average molecular weight is 248 g/mol. The van der Waals surface area contributed by atoms with E-state index in [-0.39, 0.29) is 5.69 Å². The molecule has 1 aromatic carbocycles. The zero-order valence-electron chi connectivity index (χ0n) is 10.7. The van der Waals surface area contributed by atoms with Gasteiger partial charge in [0.25, 0.3) is 0 Å². The van der Waals surface area contributed by atoms with Crippen LogP contribution in [0.5, 0.6) is 0 Å². The molecule has 0 bridgehead atoms. The molecule has 1 aromatic heterocycles. The fraction of sp³-hybridized carbons (Fsp3) is 0.385. The Morgan fingerprint density at radius 1 is 1.33 bits per heavy atom. The SMILES string of the molecule is CCC(C)(C(=O)O)n1c(=O)n(C)c2ccccc21. The highest BCUT2D eigenvalue weighted by atomic mass is 16.4. The number of hydrogen-bond acceptors (Lipinski definition) is 2. The van der Waals surface area contributed by atoms with Gasteiger partial charge in [0.2, 0.25) is 0 Å². The average Bonchev–Trinajstić information content (AvgIpc) is 2.62. The zero-order valence-corrected chi connectivity index (χ0v) is 10.7. The molecule has 0 saturated carbocycles. The van der Waals surface area contributed by atoms with Crippen molar-refractivity contribution < 1.29 is 9.90 Å². The van der Waals surface area contributed by atoms with Crippen LogP contribution in [0.1, 0.15) is 20.3 Å². The number of rotatable bonds is 3. The van der Waals surface area contributed by atoms with Crippen LogP contribution in [0.25, 0.3) is 11.0 Å². The normalized spacial score (nSPS) is 14.6. The Bertz CT molecular complexity index is 668. The van der Waals surface area contributed by atoms with Crippen molar-refractivity contribution in [3.63, 3.8) is 0 Å². The number of carboxylic acids is 1. The van der Waals surface area contributed by atoms with Crippen molar-refractivity contribution in [1.29, 1.82) is 0 Å². The number of carboxylic acid groups (broad SMARTS) is 1. The van der Waals surface area contributed by atoms with Crippen LogP contribution >= 0.6 is 0 Å². The first-order chi connectivity index (χ1) is 8.43. The second kappa shape index (κ2) is 4.01. The number of hydrogen-bond donors (Lipinski definition) is 1. The van der Waals surface area contributed by atoms with Crippen LogP contribution in [0.2, 0.25) is 0 Å². The fourth-order valence-electron chi connectivity index (χ4n) is 2.17. The minimum absolute atomic E-state index is 0.303. The van der Waals surface area contributed by atoms with Gasteiger partial charge in [0.15, 0.2) is 0 Å². The van der Waals surface area contributed by atoms with Crippen LogP contribution in [0.3, 0.4) is 0 Å². The monoisotopic (exact) mass is 248 g/mol. The molecule has 1 N–H and O–H groups in total. The third-order valence-electron chi connectivity index (χ3n) is 3.60. The van der Waals surface area contributed by atoms with Gasteiger partial charge < -0.3 is 5.11 Å². The molecule has 0 aliphatic carbocycles. The van der Waals surface area contributed by atoms with Crippen molar-refractivity contribution in [2.24, 2.45) is 7.05 Å². The Kier molecular flexibility index (Phi) is 2.77. The van der Waals surface area contributed by atoms with E-state index in [0.717, 1.165) is 5.52 Å². The summed E-state index contributed by atoms with van der Waals surface area (Å²) in [5.41, 5.74) is -0.138. The van der Waals surface area contributed by atoms with E-state index in [1.807, 2.05) is 12.1 Å². The van der Waals surface area contributed by atoms with Gasteiger partial charge in [-0.1, -0.05) is 19.1 Å². The molecule has 96 valence electrons. The molecule has 1 unspecified atom stereocenters. The van der Waals surface area contributed by atoms with Crippen LogP contribution in [-0.4, -0.2) is 20.2 Å². The first-order valence-corrected chi connectivity index (χ1v) is 5.84. The van der Waals surface area contributed by atoms with Gasteiger partial charge in [-0.3, -0.25) is 9.13 Å². The molecule has 2 aromatic rings. The summed E-state index contributed by atoms with van der Waals surface area (Å²) in [7, 11) is 1.65. The van der Waals surface area contributed by atoms with Crippen LogP contribution in [0, 0.1) is 0 Å². The lowest BCUT2D eigenvalue weighted by molar-refractivity contribution is -0.146. The van der Waals surface area contributed by atoms with E-state index in [2.05, 4.69) is 0 Å². The Balaban J connectivity index is 2.91. The van der Waals surface area contributed by atoms with E-state index < -0.39 is 11.5 Å². The third-order valence-corrected chi connectivity index (χ3v) is 3.60. The molecule has 18 heavy (non-hydrogen) atoms. The molecular formula is C13H16N2O3. The number of aryl methyl sites for hydroxylation is 1. The summed E-state index contributed by atoms with van der Waals surface area (Å²) in [6.07, 6.45) is 0.343. The molecule has 1 heterocycles. The topological polar surface area (TPSA) is 64.2 Å². The van der Waals surface area contributed by atoms with Crippen LogP contribution in [0.4, 0.5) is 0 Å². The van der Waals surface area contributed by atoms with Gasteiger partial charge >= 0.3 is 11.7 Å². The second-order valence-corrected chi connectivity index (χ2v) is 4.60. The maximum atomic E-state index is 12.3. The van der Waals surface area contributed by atoms with E-state index in [1.165, 1.54) is 9.13 Å². The van der Waals surface area contributed by atoms with Crippen molar-refractivity contribution in [2.75, 3.05) is 0 Å². The first-order valence-electron chi connectivity index (χ1n) is 5.84. The predicted octanol–water partition coefficient (Wildman–Crippen LogP) is 1.55. The number of benzene rings is 1. The number of nitrogens with zero attached hydrogens (tertiary/aromatic N) is 2. The van der Waals surface area contributed by atoms with E-state index in [4.69, 9.17) is 0 Å². The molecule has 0 fully saturated rings. The van der Waals surface area contributed by atoms with Crippen LogP contribution in [-0.2, 0) is 17.4 Å². The van der Waals surface area contributed by atoms with Crippen molar-refractivity contribution in [3.05, 3.63) is 34.7 Å². The number of carbonyl (C=O) groups is 1. The number of fused-ring (bicyclic) bond motifs is 1. The maximum absolute atomic E-state index is 12.3. The molecule has 0 spiro atoms. The van der Waals surface area contributed by atoms with Crippen molar-refractivity contribution >= 4 is 17.0 Å². The summed E-state index contributed by atoms with van der Waals surface area (Å²) in [6.45, 7) is 3.34. The van der Waals surface area contributed by atoms with Gasteiger partial charge in [0, 0.05) is 7.05 Å². The van der Waals surface area contributed by atoms with Crippen LogP contribution in [0.15, 0.2) is 29.1 Å². The van der Waals surface area contributed by atoms with Gasteiger partial charge in [-0.25, -0.2) is 9.59 Å².